The molecule has 4 heteroatoms. The van der Waals surface area contributed by atoms with E-state index in [2.05, 4.69) is 71.2 Å². The van der Waals surface area contributed by atoms with Gasteiger partial charge >= 0.3 is 0 Å². The van der Waals surface area contributed by atoms with Crippen molar-refractivity contribution in [3.8, 4) is 16.9 Å². The van der Waals surface area contributed by atoms with E-state index in [-0.39, 0.29) is 6.04 Å². The highest BCUT2D eigenvalue weighted by molar-refractivity contribution is 5.72. The van der Waals surface area contributed by atoms with Gasteiger partial charge in [0.15, 0.2) is 0 Å². The van der Waals surface area contributed by atoms with Crippen molar-refractivity contribution in [2.45, 2.75) is 33.2 Å². The first-order chi connectivity index (χ1) is 14.1. The van der Waals surface area contributed by atoms with Crippen LogP contribution in [0.5, 0.6) is 5.75 Å². The molecule has 2 heterocycles. The van der Waals surface area contributed by atoms with Crippen LogP contribution >= 0.6 is 0 Å². The van der Waals surface area contributed by atoms with Crippen molar-refractivity contribution in [1.82, 2.24) is 9.88 Å². The number of allylic oxidation sites excluding steroid dienone is 1. The smallest absolute Gasteiger partial charge is 0.270 e. The van der Waals surface area contributed by atoms with Gasteiger partial charge in [-0.05, 0) is 61.7 Å². The Labute approximate surface area is 172 Å². The van der Waals surface area contributed by atoms with Gasteiger partial charge in [0.25, 0.3) is 6.35 Å². The number of aromatic nitrogens is 1. The molecule has 0 N–H and O–H groups in total. The van der Waals surface area contributed by atoms with Crippen LogP contribution in [-0.2, 0) is 0 Å². The number of benzene rings is 2. The molecule has 0 bridgehead atoms. The number of aryl methyl sites for hydroxylation is 2. The van der Waals surface area contributed by atoms with Gasteiger partial charge in [-0.25, -0.2) is 4.99 Å². The summed E-state index contributed by atoms with van der Waals surface area (Å²) in [7, 11) is 0. The third-order valence-corrected chi connectivity index (χ3v) is 5.14. The Kier molecular flexibility index (Phi) is 5.43. The monoisotopic (exact) mass is 383 g/mol. The molecule has 4 nitrogen and oxygen atoms in total. The van der Waals surface area contributed by atoms with Crippen LogP contribution < -0.4 is 4.74 Å². The molecule has 29 heavy (non-hydrogen) atoms. The van der Waals surface area contributed by atoms with Crippen LogP contribution in [0.25, 0.3) is 11.1 Å². The van der Waals surface area contributed by atoms with Crippen molar-refractivity contribution in [3.05, 3.63) is 96.0 Å². The first-order valence-corrected chi connectivity index (χ1v) is 9.84. The quantitative estimate of drug-likeness (QED) is 0.568. The third-order valence-electron chi connectivity index (χ3n) is 5.14. The van der Waals surface area contributed by atoms with Gasteiger partial charge in [0, 0.05) is 24.3 Å². The van der Waals surface area contributed by atoms with E-state index in [4.69, 9.17) is 4.74 Å². The zero-order valence-corrected chi connectivity index (χ0v) is 17.0. The normalized spacial score (nSPS) is 16.7. The molecule has 0 radical (unpaired) electrons. The number of nitrogens with zero attached hydrogens (tertiary/aromatic N) is 3. The van der Waals surface area contributed by atoms with E-state index in [0.717, 1.165) is 22.6 Å². The van der Waals surface area contributed by atoms with Crippen LogP contribution in [0.15, 0.2) is 84.1 Å². The van der Waals surface area contributed by atoms with Crippen LogP contribution in [0.4, 0.5) is 0 Å². The summed E-state index contributed by atoms with van der Waals surface area (Å²) < 4.78 is 6.28. The van der Waals surface area contributed by atoms with E-state index >= 15 is 0 Å². The zero-order valence-electron chi connectivity index (χ0n) is 17.0. The first-order valence-electron chi connectivity index (χ1n) is 9.84. The number of pyridine rings is 1. The molecule has 146 valence electrons. The summed E-state index contributed by atoms with van der Waals surface area (Å²) in [5, 5.41) is 0. The highest BCUT2D eigenvalue weighted by Crippen LogP contribution is 2.29. The van der Waals surface area contributed by atoms with E-state index in [0.29, 0.717) is 0 Å². The van der Waals surface area contributed by atoms with Crippen LogP contribution in [-0.4, -0.2) is 22.5 Å². The summed E-state index contributed by atoms with van der Waals surface area (Å²) >= 11 is 0. The molecule has 0 saturated heterocycles. The maximum Gasteiger partial charge on any atom is 0.270 e. The van der Waals surface area contributed by atoms with E-state index in [9.17, 15) is 0 Å². The lowest BCUT2D eigenvalue weighted by atomic mass is 10.0. The molecule has 2 atom stereocenters. The summed E-state index contributed by atoms with van der Waals surface area (Å²) in [5.41, 5.74) is 5.68. The van der Waals surface area contributed by atoms with Gasteiger partial charge in [-0.1, -0.05) is 48.0 Å². The predicted molar refractivity (Wildman–Crippen MR) is 118 cm³/mol. The fraction of sp³-hybridized carbons (Fsp3) is 0.200. The number of hydrogen-bond donors (Lipinski definition) is 0. The maximum absolute atomic E-state index is 6.28. The van der Waals surface area contributed by atoms with Gasteiger partial charge in [-0.15, -0.1) is 0 Å². The molecule has 0 saturated carbocycles. The highest BCUT2D eigenvalue weighted by atomic mass is 16.5. The van der Waals surface area contributed by atoms with Crippen molar-refractivity contribution in [1.29, 1.82) is 0 Å². The lowest BCUT2D eigenvalue weighted by Gasteiger charge is -2.34. The molecule has 0 amide bonds. The van der Waals surface area contributed by atoms with Gasteiger partial charge < -0.3 is 9.64 Å². The zero-order chi connectivity index (χ0) is 20.2. The molecular formula is C25H25N3O. The fourth-order valence-corrected chi connectivity index (χ4v) is 3.34. The topological polar surface area (TPSA) is 37.7 Å². The van der Waals surface area contributed by atoms with Crippen LogP contribution in [0.3, 0.4) is 0 Å². The summed E-state index contributed by atoms with van der Waals surface area (Å²) in [6.45, 7) is 6.22. The Morgan fingerprint density at radius 3 is 2.55 bits per heavy atom. The molecule has 1 unspecified atom stereocenters. The molecule has 0 spiro atoms. The van der Waals surface area contributed by atoms with Crippen molar-refractivity contribution in [2.75, 3.05) is 0 Å². The van der Waals surface area contributed by atoms with Crippen LogP contribution in [0.1, 0.15) is 29.8 Å². The van der Waals surface area contributed by atoms with Gasteiger partial charge in [-0.3, -0.25) is 4.98 Å². The van der Waals surface area contributed by atoms with Crippen molar-refractivity contribution >= 4 is 6.21 Å². The average Bonchev–Trinajstić information content (AvgIpc) is 2.75. The van der Waals surface area contributed by atoms with E-state index in [1.807, 2.05) is 43.6 Å². The molecule has 1 aliphatic rings. The van der Waals surface area contributed by atoms with E-state index in [1.54, 1.807) is 6.21 Å². The lowest BCUT2D eigenvalue weighted by Crippen LogP contribution is -2.37. The summed E-state index contributed by atoms with van der Waals surface area (Å²) in [6.07, 6.45) is 7.23. The largest absolute Gasteiger partial charge is 0.450 e. The summed E-state index contributed by atoms with van der Waals surface area (Å²) in [6, 6.07) is 20.9. The SMILES string of the molecule is Cc1ccc(-c2cccc(O[C@H]3N=CC=CN3C(C)c3ccc(C)nc3)c2)cc1. The number of rotatable bonds is 5. The summed E-state index contributed by atoms with van der Waals surface area (Å²) in [5.74, 6) is 0.791. The Bertz CT molecular complexity index is 1020. The van der Waals surface area contributed by atoms with Crippen molar-refractivity contribution in [2.24, 2.45) is 4.99 Å². The van der Waals surface area contributed by atoms with Gasteiger partial charge in [0.05, 0.1) is 6.04 Å². The molecule has 2 aromatic carbocycles. The standard InChI is InChI=1S/C25H25N3O/c1-18-8-11-21(12-9-18)22-6-4-7-24(16-22)29-25-26-14-5-15-28(25)20(3)23-13-10-19(2)27-17-23/h4-17,20,25H,1-3H3/t20?,25-/m0/s1. The Morgan fingerprint density at radius 1 is 0.966 bits per heavy atom. The molecule has 1 aliphatic heterocycles. The molecule has 0 fully saturated rings. The first kappa shape index (κ1) is 18.9. The second kappa shape index (κ2) is 8.31. The van der Waals surface area contributed by atoms with Crippen LogP contribution in [0.2, 0.25) is 0 Å². The minimum absolute atomic E-state index is 0.0853. The predicted octanol–water partition coefficient (Wildman–Crippen LogP) is 5.69. The maximum atomic E-state index is 6.28. The minimum atomic E-state index is -0.426. The Hall–Kier alpha value is -3.40. The summed E-state index contributed by atoms with van der Waals surface area (Å²) in [4.78, 5) is 11.1. The van der Waals surface area contributed by atoms with Gasteiger partial charge in [-0.2, -0.15) is 0 Å². The third kappa shape index (κ3) is 4.37. The highest BCUT2D eigenvalue weighted by Gasteiger charge is 2.24. The Morgan fingerprint density at radius 2 is 1.79 bits per heavy atom. The average molecular weight is 383 g/mol. The minimum Gasteiger partial charge on any atom is -0.450 e. The van der Waals surface area contributed by atoms with E-state index in [1.165, 1.54) is 11.1 Å². The molecule has 3 aromatic rings. The second-order valence-electron chi connectivity index (χ2n) is 7.33. The Balaban J connectivity index is 1.55. The molecule has 1 aromatic heterocycles. The van der Waals surface area contributed by atoms with E-state index < -0.39 is 6.35 Å². The van der Waals surface area contributed by atoms with Crippen LogP contribution in [0, 0.1) is 13.8 Å². The number of hydrogen-bond acceptors (Lipinski definition) is 4. The molecule has 4 rings (SSSR count). The molecule has 0 aliphatic carbocycles. The molecular weight excluding hydrogens is 358 g/mol. The van der Waals surface area contributed by atoms with Crippen molar-refractivity contribution in [3.63, 3.8) is 0 Å². The number of ether oxygens (including phenoxy) is 1. The second-order valence-corrected chi connectivity index (χ2v) is 7.33. The van der Waals surface area contributed by atoms with Gasteiger partial charge in [0.2, 0.25) is 0 Å². The lowest BCUT2D eigenvalue weighted by molar-refractivity contribution is 0.0419. The van der Waals surface area contributed by atoms with Gasteiger partial charge in [0.1, 0.15) is 5.75 Å². The fourth-order valence-electron chi connectivity index (χ4n) is 3.34. The number of aliphatic imine (C=N–C) groups is 1. The van der Waals surface area contributed by atoms with Crippen molar-refractivity contribution < 1.29 is 4.74 Å².